The van der Waals surface area contributed by atoms with Crippen LogP contribution in [0.4, 0.5) is 0 Å². The second kappa shape index (κ2) is 3.48. The van der Waals surface area contributed by atoms with Gasteiger partial charge in [0.2, 0.25) is 5.91 Å². The Balaban J connectivity index is 1.55. The van der Waals surface area contributed by atoms with Gasteiger partial charge < -0.3 is 10.2 Å². The summed E-state index contributed by atoms with van der Waals surface area (Å²) in [4.78, 5) is 14.1. The largest absolute Gasteiger partial charge is 0.342 e. The molecular formula is C12H20N2O. The van der Waals surface area contributed by atoms with E-state index < -0.39 is 0 Å². The van der Waals surface area contributed by atoms with Crippen LogP contribution in [-0.4, -0.2) is 37.0 Å². The van der Waals surface area contributed by atoms with Crippen molar-refractivity contribution in [3.8, 4) is 0 Å². The van der Waals surface area contributed by atoms with E-state index in [1.807, 2.05) is 0 Å². The zero-order valence-electron chi connectivity index (χ0n) is 9.30. The standard InChI is InChI=1S/C12H20N2O/c15-11-7-12(2-3-12)4-6-14(11)9-10-1-5-13-8-10/h10,13H,1-9H2. The second-order valence-electron chi connectivity index (χ2n) is 5.63. The maximum Gasteiger partial charge on any atom is 0.223 e. The van der Waals surface area contributed by atoms with Crippen molar-refractivity contribution in [1.82, 2.24) is 10.2 Å². The van der Waals surface area contributed by atoms with Crippen molar-refractivity contribution in [2.45, 2.75) is 32.1 Å². The molecule has 2 saturated heterocycles. The van der Waals surface area contributed by atoms with Gasteiger partial charge in [0.15, 0.2) is 0 Å². The molecule has 84 valence electrons. The molecule has 1 aliphatic carbocycles. The molecule has 15 heavy (non-hydrogen) atoms. The van der Waals surface area contributed by atoms with Gasteiger partial charge in [0, 0.05) is 19.5 Å². The maximum atomic E-state index is 11.9. The number of hydrogen-bond donors (Lipinski definition) is 1. The van der Waals surface area contributed by atoms with E-state index in [0.29, 0.717) is 17.2 Å². The molecule has 0 aromatic carbocycles. The third kappa shape index (κ3) is 1.89. The Morgan fingerprint density at radius 3 is 2.87 bits per heavy atom. The summed E-state index contributed by atoms with van der Waals surface area (Å²) < 4.78 is 0. The molecule has 3 fully saturated rings. The Labute approximate surface area is 91.2 Å². The summed E-state index contributed by atoms with van der Waals surface area (Å²) in [5, 5.41) is 3.37. The van der Waals surface area contributed by atoms with Gasteiger partial charge >= 0.3 is 0 Å². The van der Waals surface area contributed by atoms with Crippen LogP contribution in [0.2, 0.25) is 0 Å². The highest BCUT2D eigenvalue weighted by molar-refractivity contribution is 5.78. The highest BCUT2D eigenvalue weighted by Crippen LogP contribution is 2.53. The van der Waals surface area contributed by atoms with Gasteiger partial charge in [-0.25, -0.2) is 0 Å². The van der Waals surface area contributed by atoms with E-state index in [0.717, 1.165) is 32.6 Å². The van der Waals surface area contributed by atoms with E-state index >= 15 is 0 Å². The summed E-state index contributed by atoms with van der Waals surface area (Å²) in [7, 11) is 0. The van der Waals surface area contributed by atoms with Gasteiger partial charge in [0.25, 0.3) is 0 Å². The molecule has 1 unspecified atom stereocenters. The van der Waals surface area contributed by atoms with Crippen LogP contribution in [0.1, 0.15) is 32.1 Å². The summed E-state index contributed by atoms with van der Waals surface area (Å²) in [6.45, 7) is 4.27. The molecule has 3 heteroatoms. The SMILES string of the molecule is O=C1CC2(CCN1CC1CCNC1)CC2. The third-order valence-corrected chi connectivity index (χ3v) is 4.39. The third-order valence-electron chi connectivity index (χ3n) is 4.39. The van der Waals surface area contributed by atoms with Gasteiger partial charge in [-0.2, -0.15) is 0 Å². The number of piperidine rings is 1. The minimum atomic E-state index is 0.422. The second-order valence-corrected chi connectivity index (χ2v) is 5.63. The Hall–Kier alpha value is -0.570. The number of carbonyl (C=O) groups is 1. The first-order valence-corrected chi connectivity index (χ1v) is 6.26. The molecule has 1 atom stereocenters. The van der Waals surface area contributed by atoms with Crippen molar-refractivity contribution in [1.29, 1.82) is 0 Å². The van der Waals surface area contributed by atoms with Gasteiger partial charge in [0.1, 0.15) is 0 Å². The summed E-state index contributed by atoms with van der Waals surface area (Å²) in [5.74, 6) is 1.13. The molecule has 3 rings (SSSR count). The number of likely N-dealkylation sites (tertiary alicyclic amines) is 1. The van der Waals surface area contributed by atoms with Crippen molar-refractivity contribution in [3.63, 3.8) is 0 Å². The van der Waals surface area contributed by atoms with E-state index in [1.165, 1.54) is 25.7 Å². The Morgan fingerprint density at radius 2 is 2.27 bits per heavy atom. The first kappa shape index (κ1) is 9.64. The number of hydrogen-bond acceptors (Lipinski definition) is 2. The summed E-state index contributed by atoms with van der Waals surface area (Å²) in [6, 6.07) is 0. The van der Waals surface area contributed by atoms with E-state index in [2.05, 4.69) is 10.2 Å². The lowest BCUT2D eigenvalue weighted by molar-refractivity contribution is -0.136. The van der Waals surface area contributed by atoms with Gasteiger partial charge in [-0.1, -0.05) is 0 Å². The van der Waals surface area contributed by atoms with Crippen LogP contribution in [0.25, 0.3) is 0 Å². The van der Waals surface area contributed by atoms with Crippen LogP contribution < -0.4 is 5.32 Å². The molecule has 0 bridgehead atoms. The lowest BCUT2D eigenvalue weighted by Gasteiger charge is -2.33. The zero-order chi connectivity index (χ0) is 10.3. The fraction of sp³-hybridized carbons (Fsp3) is 0.917. The van der Waals surface area contributed by atoms with Crippen LogP contribution >= 0.6 is 0 Å². The summed E-state index contributed by atoms with van der Waals surface area (Å²) in [5.41, 5.74) is 0.474. The Kier molecular flexibility index (Phi) is 2.23. The van der Waals surface area contributed by atoms with Crippen molar-refractivity contribution >= 4 is 5.91 Å². The molecule has 1 amide bonds. The van der Waals surface area contributed by atoms with Crippen LogP contribution in [0, 0.1) is 11.3 Å². The lowest BCUT2D eigenvalue weighted by atomic mass is 9.92. The van der Waals surface area contributed by atoms with Crippen molar-refractivity contribution in [2.24, 2.45) is 11.3 Å². The average Bonchev–Trinajstić information content (AvgIpc) is 2.78. The van der Waals surface area contributed by atoms with E-state index in [-0.39, 0.29) is 0 Å². The predicted octanol–water partition coefficient (Wildman–Crippen LogP) is 0.998. The highest BCUT2D eigenvalue weighted by atomic mass is 16.2. The van der Waals surface area contributed by atoms with E-state index in [4.69, 9.17) is 0 Å². The van der Waals surface area contributed by atoms with Gasteiger partial charge in [0.05, 0.1) is 0 Å². The highest BCUT2D eigenvalue weighted by Gasteiger charge is 2.47. The van der Waals surface area contributed by atoms with Crippen molar-refractivity contribution in [3.05, 3.63) is 0 Å². The normalized spacial score (nSPS) is 33.7. The quantitative estimate of drug-likeness (QED) is 0.734. The van der Waals surface area contributed by atoms with E-state index in [9.17, 15) is 4.79 Å². The number of nitrogens with one attached hydrogen (secondary N) is 1. The first-order valence-electron chi connectivity index (χ1n) is 6.26. The lowest BCUT2D eigenvalue weighted by Crippen LogP contribution is -2.42. The van der Waals surface area contributed by atoms with Gasteiger partial charge in [-0.3, -0.25) is 4.79 Å². The summed E-state index contributed by atoms with van der Waals surface area (Å²) >= 11 is 0. The van der Waals surface area contributed by atoms with E-state index in [1.54, 1.807) is 0 Å². The molecule has 0 radical (unpaired) electrons. The smallest absolute Gasteiger partial charge is 0.223 e. The van der Waals surface area contributed by atoms with Crippen LogP contribution in [0.15, 0.2) is 0 Å². The van der Waals surface area contributed by atoms with Gasteiger partial charge in [-0.15, -0.1) is 0 Å². The molecule has 1 N–H and O–H groups in total. The van der Waals surface area contributed by atoms with Gasteiger partial charge in [-0.05, 0) is 50.1 Å². The molecule has 2 aliphatic heterocycles. The number of carbonyl (C=O) groups excluding carboxylic acids is 1. The van der Waals surface area contributed by atoms with Crippen LogP contribution in [0.5, 0.6) is 0 Å². The van der Waals surface area contributed by atoms with Crippen LogP contribution in [0.3, 0.4) is 0 Å². The minimum absolute atomic E-state index is 0.422. The molecule has 1 saturated carbocycles. The Morgan fingerprint density at radius 1 is 1.40 bits per heavy atom. The monoisotopic (exact) mass is 208 g/mol. The number of amides is 1. The Bertz CT molecular complexity index is 267. The van der Waals surface area contributed by atoms with Crippen molar-refractivity contribution in [2.75, 3.05) is 26.2 Å². The minimum Gasteiger partial charge on any atom is -0.342 e. The van der Waals surface area contributed by atoms with Crippen molar-refractivity contribution < 1.29 is 4.79 Å². The fourth-order valence-electron chi connectivity index (χ4n) is 3.00. The molecule has 3 nitrogen and oxygen atoms in total. The molecule has 3 aliphatic rings. The molecule has 0 aromatic rings. The topological polar surface area (TPSA) is 32.3 Å². The molecule has 1 spiro atoms. The average molecular weight is 208 g/mol. The molecular weight excluding hydrogens is 188 g/mol. The zero-order valence-corrected chi connectivity index (χ0v) is 9.30. The first-order chi connectivity index (χ1) is 7.27. The summed E-state index contributed by atoms with van der Waals surface area (Å²) in [6.07, 6.45) is 5.95. The number of rotatable bonds is 2. The molecule has 2 heterocycles. The fourth-order valence-corrected chi connectivity index (χ4v) is 3.00. The number of nitrogens with zero attached hydrogens (tertiary/aromatic N) is 1. The predicted molar refractivity (Wildman–Crippen MR) is 58.5 cm³/mol. The van der Waals surface area contributed by atoms with Crippen LogP contribution in [-0.2, 0) is 4.79 Å². The molecule has 0 aromatic heterocycles. The maximum absolute atomic E-state index is 11.9.